The number of nitriles is 1. The second-order valence-corrected chi connectivity index (χ2v) is 9.92. The Morgan fingerprint density at radius 1 is 0.750 bits per heavy atom. The largest absolute Gasteiger partial charge is 0.497 e. The van der Waals surface area contributed by atoms with Gasteiger partial charge in [0.25, 0.3) is 0 Å². The van der Waals surface area contributed by atoms with Crippen LogP contribution >= 0.6 is 11.8 Å². The van der Waals surface area contributed by atoms with Crippen molar-refractivity contribution in [2.45, 2.75) is 5.03 Å². The van der Waals surface area contributed by atoms with Crippen molar-refractivity contribution in [1.29, 1.82) is 5.26 Å². The van der Waals surface area contributed by atoms with Gasteiger partial charge in [0.05, 0.1) is 31.2 Å². The summed E-state index contributed by atoms with van der Waals surface area (Å²) in [5.74, 6) is 1.59. The standard InChI is InChI=1S/C34H26N2O3S/c1-38-28-16-12-25(13-17-28)30-20-32(26-14-18-29(39-2)19-15-26)36-34(31(30)21-35)40-22-33(37)27-10-8-24(9-11-27)23-6-4-3-5-7-23/h3-20H,22H2,1-2H3. The molecule has 5 aromatic rings. The van der Waals surface area contributed by atoms with Gasteiger partial charge in [0.1, 0.15) is 22.6 Å². The van der Waals surface area contributed by atoms with Crippen molar-refractivity contribution in [1.82, 2.24) is 4.98 Å². The van der Waals surface area contributed by atoms with E-state index in [1.165, 1.54) is 11.8 Å². The molecular formula is C34H26N2O3S. The average Bonchev–Trinajstić information content (AvgIpc) is 3.03. The second-order valence-electron chi connectivity index (χ2n) is 8.96. The van der Waals surface area contributed by atoms with Gasteiger partial charge in [-0.1, -0.05) is 78.5 Å². The summed E-state index contributed by atoms with van der Waals surface area (Å²) in [6.45, 7) is 0. The number of ether oxygens (including phenoxy) is 2. The number of carbonyl (C=O) groups is 1. The third-order valence-corrected chi connectivity index (χ3v) is 7.51. The van der Waals surface area contributed by atoms with Gasteiger partial charge in [0.15, 0.2) is 5.78 Å². The molecule has 0 amide bonds. The van der Waals surface area contributed by atoms with Gasteiger partial charge >= 0.3 is 0 Å². The van der Waals surface area contributed by atoms with Crippen LogP contribution in [0.1, 0.15) is 15.9 Å². The van der Waals surface area contributed by atoms with Gasteiger partial charge in [-0.3, -0.25) is 4.79 Å². The van der Waals surface area contributed by atoms with Gasteiger partial charge in [0, 0.05) is 16.7 Å². The van der Waals surface area contributed by atoms with E-state index >= 15 is 0 Å². The first-order chi connectivity index (χ1) is 19.6. The second kappa shape index (κ2) is 12.3. The van der Waals surface area contributed by atoms with E-state index in [9.17, 15) is 10.1 Å². The van der Waals surface area contributed by atoms with Crippen molar-refractivity contribution in [3.63, 3.8) is 0 Å². The van der Waals surface area contributed by atoms with Gasteiger partial charge in [-0.2, -0.15) is 5.26 Å². The summed E-state index contributed by atoms with van der Waals surface area (Å²) in [5, 5.41) is 10.7. The lowest BCUT2D eigenvalue weighted by molar-refractivity contribution is 0.102. The van der Waals surface area contributed by atoms with E-state index in [0.29, 0.717) is 21.8 Å². The minimum absolute atomic E-state index is 0.0313. The van der Waals surface area contributed by atoms with Crippen molar-refractivity contribution >= 4 is 17.5 Å². The first-order valence-electron chi connectivity index (χ1n) is 12.6. The van der Waals surface area contributed by atoms with Crippen LogP contribution in [0.2, 0.25) is 0 Å². The van der Waals surface area contributed by atoms with E-state index in [0.717, 1.165) is 39.3 Å². The molecule has 0 unspecified atom stereocenters. The SMILES string of the molecule is COc1ccc(-c2cc(-c3ccc(OC)cc3)c(C#N)c(SCC(=O)c3ccc(-c4ccccc4)cc3)n2)cc1. The zero-order valence-corrected chi connectivity index (χ0v) is 22.9. The molecule has 0 fully saturated rings. The van der Waals surface area contributed by atoms with Gasteiger partial charge < -0.3 is 9.47 Å². The molecule has 1 heterocycles. The fourth-order valence-electron chi connectivity index (χ4n) is 4.34. The zero-order valence-electron chi connectivity index (χ0n) is 22.1. The van der Waals surface area contributed by atoms with E-state index < -0.39 is 0 Å². The molecule has 1 aromatic heterocycles. The van der Waals surface area contributed by atoms with Crippen LogP contribution < -0.4 is 9.47 Å². The summed E-state index contributed by atoms with van der Waals surface area (Å²) in [6.07, 6.45) is 0. The number of ketones is 1. The Morgan fingerprint density at radius 3 is 1.88 bits per heavy atom. The maximum Gasteiger partial charge on any atom is 0.173 e. The molecule has 40 heavy (non-hydrogen) atoms. The van der Waals surface area contributed by atoms with Gasteiger partial charge in [-0.15, -0.1) is 0 Å². The normalized spacial score (nSPS) is 10.5. The Hall–Kier alpha value is -4.86. The van der Waals surface area contributed by atoms with Crippen LogP contribution in [0.15, 0.2) is 114 Å². The van der Waals surface area contributed by atoms with Crippen LogP contribution in [-0.4, -0.2) is 30.7 Å². The molecule has 6 heteroatoms. The number of benzene rings is 4. The van der Waals surface area contributed by atoms with Crippen LogP contribution in [0, 0.1) is 11.3 Å². The predicted octanol–water partition coefficient (Wildman–Crippen LogP) is 7.95. The number of pyridine rings is 1. The molecule has 0 spiro atoms. The molecule has 5 nitrogen and oxygen atoms in total. The molecule has 4 aromatic carbocycles. The van der Waals surface area contributed by atoms with Crippen LogP contribution in [0.25, 0.3) is 33.5 Å². The van der Waals surface area contributed by atoms with Gasteiger partial charge in [-0.05, 0) is 59.2 Å². The molecule has 196 valence electrons. The lowest BCUT2D eigenvalue weighted by atomic mass is 9.99. The summed E-state index contributed by atoms with van der Waals surface area (Å²) >= 11 is 1.28. The van der Waals surface area contributed by atoms with E-state index in [-0.39, 0.29) is 11.5 Å². The number of hydrogen-bond donors (Lipinski definition) is 0. The summed E-state index contributed by atoms with van der Waals surface area (Å²) < 4.78 is 10.6. The van der Waals surface area contributed by atoms with Crippen molar-refractivity contribution in [3.8, 4) is 51.1 Å². The topological polar surface area (TPSA) is 72.2 Å². The minimum atomic E-state index is -0.0313. The number of rotatable bonds is 9. The molecule has 0 aliphatic rings. The number of Topliss-reactive ketones (excluding diaryl/α,β-unsaturated/α-hetero) is 1. The highest BCUT2D eigenvalue weighted by Crippen LogP contribution is 2.35. The fraction of sp³-hybridized carbons (Fsp3) is 0.0882. The quantitative estimate of drug-likeness (QED) is 0.139. The Labute approximate surface area is 238 Å². The predicted molar refractivity (Wildman–Crippen MR) is 160 cm³/mol. The zero-order chi connectivity index (χ0) is 27.9. The van der Waals surface area contributed by atoms with Crippen LogP contribution in [0.5, 0.6) is 11.5 Å². The Morgan fingerprint density at radius 2 is 1.30 bits per heavy atom. The number of hydrogen-bond acceptors (Lipinski definition) is 6. The lowest BCUT2D eigenvalue weighted by Gasteiger charge is -2.13. The molecule has 0 bridgehead atoms. The maximum absolute atomic E-state index is 13.2. The number of aromatic nitrogens is 1. The summed E-state index contributed by atoms with van der Waals surface area (Å²) in [7, 11) is 3.24. The summed E-state index contributed by atoms with van der Waals surface area (Å²) in [6, 6.07) is 37.1. The molecule has 0 saturated carbocycles. The molecule has 0 radical (unpaired) electrons. The number of carbonyl (C=O) groups excluding carboxylic acids is 1. The molecular weight excluding hydrogens is 516 g/mol. The van der Waals surface area contributed by atoms with E-state index in [1.54, 1.807) is 14.2 Å². The lowest BCUT2D eigenvalue weighted by Crippen LogP contribution is -2.04. The summed E-state index contributed by atoms with van der Waals surface area (Å²) in [5.41, 5.74) is 6.38. The Kier molecular flexibility index (Phi) is 8.24. The van der Waals surface area contributed by atoms with Crippen molar-refractivity contribution in [3.05, 3.63) is 120 Å². The number of nitrogens with zero attached hydrogens (tertiary/aromatic N) is 2. The van der Waals surface area contributed by atoms with E-state index in [1.807, 2.05) is 109 Å². The monoisotopic (exact) mass is 542 g/mol. The number of thioether (sulfide) groups is 1. The third kappa shape index (κ3) is 5.90. The van der Waals surface area contributed by atoms with Crippen molar-refractivity contribution in [2.75, 3.05) is 20.0 Å². The minimum Gasteiger partial charge on any atom is -0.497 e. The molecule has 0 N–H and O–H groups in total. The van der Waals surface area contributed by atoms with Crippen molar-refractivity contribution in [2.24, 2.45) is 0 Å². The molecule has 0 aliphatic carbocycles. The fourth-order valence-corrected chi connectivity index (χ4v) is 5.24. The van der Waals surface area contributed by atoms with E-state index in [2.05, 4.69) is 6.07 Å². The van der Waals surface area contributed by atoms with Crippen LogP contribution in [0.3, 0.4) is 0 Å². The summed E-state index contributed by atoms with van der Waals surface area (Å²) in [4.78, 5) is 18.0. The number of methoxy groups -OCH3 is 2. The maximum atomic E-state index is 13.2. The smallest absolute Gasteiger partial charge is 0.173 e. The molecule has 0 aliphatic heterocycles. The van der Waals surface area contributed by atoms with Gasteiger partial charge in [0.2, 0.25) is 0 Å². The van der Waals surface area contributed by atoms with Gasteiger partial charge in [-0.25, -0.2) is 4.98 Å². The van der Waals surface area contributed by atoms with Crippen LogP contribution in [-0.2, 0) is 0 Å². The van der Waals surface area contributed by atoms with E-state index in [4.69, 9.17) is 14.5 Å². The highest BCUT2D eigenvalue weighted by Gasteiger charge is 2.18. The molecule has 0 atom stereocenters. The molecule has 5 rings (SSSR count). The average molecular weight is 543 g/mol. The Balaban J connectivity index is 1.46. The third-order valence-electron chi connectivity index (χ3n) is 6.54. The first-order valence-corrected chi connectivity index (χ1v) is 13.6. The Bertz CT molecular complexity index is 1660. The van der Waals surface area contributed by atoms with Crippen molar-refractivity contribution < 1.29 is 14.3 Å². The first kappa shape index (κ1) is 26.7. The highest BCUT2D eigenvalue weighted by atomic mass is 32.2. The van der Waals surface area contributed by atoms with Crippen LogP contribution in [0.4, 0.5) is 0 Å². The molecule has 0 saturated heterocycles. The highest BCUT2D eigenvalue weighted by molar-refractivity contribution is 8.00.